The second-order valence-corrected chi connectivity index (χ2v) is 4.75. The fourth-order valence-electron chi connectivity index (χ4n) is 1.87. The first-order valence-corrected chi connectivity index (χ1v) is 7.24. The molecule has 0 aromatic heterocycles. The van der Waals surface area contributed by atoms with E-state index in [4.69, 9.17) is 0 Å². The van der Waals surface area contributed by atoms with E-state index in [2.05, 4.69) is 22.7 Å². The topological polar surface area (TPSA) is 61.8 Å². The first-order chi connectivity index (χ1) is 10.1. The zero-order chi connectivity index (χ0) is 15.7. The maximum atomic E-state index is 11.7. The predicted molar refractivity (Wildman–Crippen MR) is 83.9 cm³/mol. The maximum absolute atomic E-state index is 11.7. The van der Waals surface area contributed by atoms with Crippen molar-refractivity contribution in [2.45, 2.75) is 33.6 Å². The van der Waals surface area contributed by atoms with Gasteiger partial charge in [-0.05, 0) is 39.2 Å². The number of benzene rings is 1. The number of amides is 2. The Bertz CT molecular complexity index is 494. The van der Waals surface area contributed by atoms with Crippen molar-refractivity contribution in [1.82, 2.24) is 10.3 Å². The lowest BCUT2D eigenvalue weighted by molar-refractivity contribution is -0.145. The molecular weight excluding hydrogens is 266 g/mol. The summed E-state index contributed by atoms with van der Waals surface area (Å²) in [5, 5.41) is 3.98. The SMILES string of the molecule is CCN(CC)C(=O)C(=O)N/N=C(\C)CCc1ccccc1. The van der Waals surface area contributed by atoms with E-state index in [9.17, 15) is 9.59 Å². The number of nitrogens with zero attached hydrogens (tertiary/aromatic N) is 2. The van der Waals surface area contributed by atoms with Gasteiger partial charge in [-0.15, -0.1) is 0 Å². The van der Waals surface area contributed by atoms with Gasteiger partial charge >= 0.3 is 11.8 Å². The van der Waals surface area contributed by atoms with Crippen LogP contribution < -0.4 is 5.43 Å². The Morgan fingerprint density at radius 3 is 2.33 bits per heavy atom. The van der Waals surface area contributed by atoms with Gasteiger partial charge in [0.05, 0.1) is 0 Å². The van der Waals surface area contributed by atoms with Crippen LogP contribution in [0.15, 0.2) is 35.4 Å². The molecule has 0 aliphatic rings. The Balaban J connectivity index is 2.44. The van der Waals surface area contributed by atoms with Crippen molar-refractivity contribution < 1.29 is 9.59 Å². The van der Waals surface area contributed by atoms with E-state index in [1.807, 2.05) is 39.0 Å². The molecule has 0 fully saturated rings. The molecule has 0 saturated heterocycles. The van der Waals surface area contributed by atoms with Crippen molar-refractivity contribution in [3.8, 4) is 0 Å². The average molecular weight is 289 g/mol. The molecule has 1 rings (SSSR count). The highest BCUT2D eigenvalue weighted by atomic mass is 16.2. The van der Waals surface area contributed by atoms with Crippen LogP contribution in [-0.4, -0.2) is 35.5 Å². The molecule has 0 heterocycles. The van der Waals surface area contributed by atoms with Crippen LogP contribution in [0.1, 0.15) is 32.8 Å². The summed E-state index contributed by atoms with van der Waals surface area (Å²) in [6, 6.07) is 10.1. The third-order valence-corrected chi connectivity index (χ3v) is 3.21. The second-order valence-electron chi connectivity index (χ2n) is 4.75. The molecule has 5 nitrogen and oxygen atoms in total. The number of hydrogen-bond donors (Lipinski definition) is 1. The van der Waals surface area contributed by atoms with Crippen molar-refractivity contribution in [3.63, 3.8) is 0 Å². The molecule has 0 saturated carbocycles. The maximum Gasteiger partial charge on any atom is 0.329 e. The van der Waals surface area contributed by atoms with Gasteiger partial charge in [-0.1, -0.05) is 30.3 Å². The molecule has 1 aromatic rings. The van der Waals surface area contributed by atoms with E-state index in [0.29, 0.717) is 13.1 Å². The highest BCUT2D eigenvalue weighted by Crippen LogP contribution is 2.03. The summed E-state index contributed by atoms with van der Waals surface area (Å²) in [4.78, 5) is 24.9. The van der Waals surface area contributed by atoms with E-state index < -0.39 is 11.8 Å². The van der Waals surface area contributed by atoms with Crippen LogP contribution in [0.5, 0.6) is 0 Å². The predicted octanol–water partition coefficient (Wildman–Crippen LogP) is 1.98. The minimum atomic E-state index is -0.683. The van der Waals surface area contributed by atoms with E-state index in [-0.39, 0.29) is 0 Å². The number of hydrazone groups is 1. The lowest BCUT2D eigenvalue weighted by Crippen LogP contribution is -2.41. The number of hydrogen-bond acceptors (Lipinski definition) is 3. The van der Waals surface area contributed by atoms with Gasteiger partial charge in [0, 0.05) is 18.8 Å². The summed E-state index contributed by atoms with van der Waals surface area (Å²) in [5.41, 5.74) is 4.34. The molecule has 1 aromatic carbocycles. The van der Waals surface area contributed by atoms with Crippen LogP contribution >= 0.6 is 0 Å². The van der Waals surface area contributed by atoms with Crippen molar-refractivity contribution >= 4 is 17.5 Å². The van der Waals surface area contributed by atoms with Gasteiger partial charge in [-0.3, -0.25) is 9.59 Å². The van der Waals surface area contributed by atoms with Crippen molar-refractivity contribution in [2.75, 3.05) is 13.1 Å². The van der Waals surface area contributed by atoms with Gasteiger partial charge in [0.2, 0.25) is 0 Å². The molecule has 0 aliphatic carbocycles. The molecular formula is C16H23N3O2. The first-order valence-electron chi connectivity index (χ1n) is 7.24. The summed E-state index contributed by atoms with van der Waals surface area (Å²) in [6.07, 6.45) is 1.60. The van der Waals surface area contributed by atoms with E-state index >= 15 is 0 Å². The lowest BCUT2D eigenvalue weighted by Gasteiger charge is -2.16. The molecule has 0 spiro atoms. The highest BCUT2D eigenvalue weighted by Gasteiger charge is 2.18. The van der Waals surface area contributed by atoms with Crippen LogP contribution in [0.4, 0.5) is 0 Å². The molecule has 21 heavy (non-hydrogen) atoms. The quantitative estimate of drug-likeness (QED) is 0.494. The van der Waals surface area contributed by atoms with Gasteiger partial charge < -0.3 is 4.90 Å². The van der Waals surface area contributed by atoms with E-state index in [1.165, 1.54) is 10.5 Å². The summed E-state index contributed by atoms with van der Waals surface area (Å²) in [6.45, 7) is 6.54. The Labute approximate surface area is 126 Å². The highest BCUT2D eigenvalue weighted by molar-refractivity contribution is 6.35. The zero-order valence-corrected chi connectivity index (χ0v) is 12.9. The smallest absolute Gasteiger partial charge is 0.329 e. The van der Waals surface area contributed by atoms with Crippen molar-refractivity contribution in [1.29, 1.82) is 0 Å². The molecule has 1 N–H and O–H groups in total. The number of carbonyl (C=O) groups is 2. The molecule has 0 aliphatic heterocycles. The number of nitrogens with one attached hydrogen (secondary N) is 1. The second kappa shape index (κ2) is 8.89. The number of aryl methyl sites for hydroxylation is 1. The van der Waals surface area contributed by atoms with Crippen LogP contribution in [0.3, 0.4) is 0 Å². The molecule has 0 atom stereocenters. The van der Waals surface area contributed by atoms with E-state index in [1.54, 1.807) is 0 Å². The largest absolute Gasteiger partial charge is 0.335 e. The molecule has 0 bridgehead atoms. The minimum absolute atomic E-state index is 0.513. The molecule has 5 heteroatoms. The number of carbonyl (C=O) groups excluding carboxylic acids is 2. The minimum Gasteiger partial charge on any atom is -0.335 e. The van der Waals surface area contributed by atoms with Gasteiger partial charge in [0.1, 0.15) is 0 Å². The van der Waals surface area contributed by atoms with Crippen molar-refractivity contribution in [3.05, 3.63) is 35.9 Å². The summed E-state index contributed by atoms with van der Waals surface area (Å²) >= 11 is 0. The summed E-state index contributed by atoms with van der Waals surface area (Å²) < 4.78 is 0. The van der Waals surface area contributed by atoms with Crippen LogP contribution in [0.2, 0.25) is 0 Å². The number of likely N-dealkylation sites (N-methyl/N-ethyl adjacent to an activating group) is 1. The Morgan fingerprint density at radius 1 is 1.14 bits per heavy atom. The van der Waals surface area contributed by atoms with Gasteiger partial charge in [0.25, 0.3) is 0 Å². The van der Waals surface area contributed by atoms with Crippen LogP contribution in [0, 0.1) is 0 Å². The van der Waals surface area contributed by atoms with Crippen LogP contribution in [0.25, 0.3) is 0 Å². The first kappa shape index (κ1) is 16.9. The molecule has 2 amide bonds. The standard InChI is InChI=1S/C16H23N3O2/c1-4-19(5-2)16(21)15(20)18-17-13(3)11-12-14-9-7-6-8-10-14/h6-10H,4-5,11-12H2,1-3H3,(H,18,20)/b17-13+. The Hall–Kier alpha value is -2.17. The van der Waals surface area contributed by atoms with Crippen LogP contribution in [-0.2, 0) is 16.0 Å². The third-order valence-electron chi connectivity index (χ3n) is 3.21. The molecule has 0 radical (unpaired) electrons. The fourth-order valence-corrected chi connectivity index (χ4v) is 1.87. The fraction of sp³-hybridized carbons (Fsp3) is 0.438. The summed E-state index contributed by atoms with van der Waals surface area (Å²) in [5.74, 6) is -1.22. The average Bonchev–Trinajstić information content (AvgIpc) is 2.52. The van der Waals surface area contributed by atoms with Gasteiger partial charge in [-0.2, -0.15) is 5.10 Å². The van der Waals surface area contributed by atoms with Crippen molar-refractivity contribution in [2.24, 2.45) is 5.10 Å². The lowest BCUT2D eigenvalue weighted by atomic mass is 10.1. The molecule has 114 valence electrons. The summed E-state index contributed by atoms with van der Waals surface area (Å²) in [7, 11) is 0. The monoisotopic (exact) mass is 289 g/mol. The Kier molecular flexibility index (Phi) is 7.15. The zero-order valence-electron chi connectivity index (χ0n) is 12.9. The van der Waals surface area contributed by atoms with E-state index in [0.717, 1.165) is 18.6 Å². The van der Waals surface area contributed by atoms with Gasteiger partial charge in [0.15, 0.2) is 0 Å². The molecule has 0 unspecified atom stereocenters. The Morgan fingerprint density at radius 2 is 1.76 bits per heavy atom. The third kappa shape index (κ3) is 5.77. The normalized spacial score (nSPS) is 11.1. The van der Waals surface area contributed by atoms with Gasteiger partial charge in [-0.25, -0.2) is 5.43 Å². The number of rotatable bonds is 6.